The van der Waals surface area contributed by atoms with Gasteiger partial charge >= 0.3 is 11.9 Å². The maximum atomic E-state index is 12.8. The molecule has 1 aromatic heterocycles. The van der Waals surface area contributed by atoms with E-state index in [4.69, 9.17) is 5.73 Å². The molecule has 0 bridgehead atoms. The first-order valence-electron chi connectivity index (χ1n) is 10.3. The summed E-state index contributed by atoms with van der Waals surface area (Å²) in [6.07, 6.45) is 0.738. The van der Waals surface area contributed by atoms with Gasteiger partial charge in [0, 0.05) is 29.3 Å². The number of amides is 3. The van der Waals surface area contributed by atoms with Gasteiger partial charge in [0.1, 0.15) is 18.1 Å². The van der Waals surface area contributed by atoms with Crippen LogP contribution in [0.25, 0.3) is 10.9 Å². The molecule has 2 aromatic rings. The van der Waals surface area contributed by atoms with Crippen molar-refractivity contribution in [3.63, 3.8) is 0 Å². The van der Waals surface area contributed by atoms with E-state index in [9.17, 15) is 34.2 Å². The standard InChI is InChI=1S/C21H27N5O7S/c1-10(22)18(29)26-16(9-34)20(31)24-14(7-17(27)28)19(30)25-15(21(32)33)6-11-8-23-13-5-3-2-4-12(11)13/h2-5,8,10,14-16,23,34H,6-7,9,22H2,1H3,(H,24,31)(H,25,30)(H,26,29)(H,27,28)(H,32,33). The number of carboxylic acids is 2. The number of carboxylic acid groups (broad SMARTS) is 2. The highest BCUT2D eigenvalue weighted by Gasteiger charge is 2.31. The lowest BCUT2D eigenvalue weighted by Crippen LogP contribution is -2.58. The second-order valence-corrected chi connectivity index (χ2v) is 8.02. The van der Waals surface area contributed by atoms with Crippen LogP contribution in [0.3, 0.4) is 0 Å². The molecule has 2 rings (SSSR count). The number of aromatic nitrogens is 1. The number of carbonyl (C=O) groups is 5. The number of benzene rings is 1. The number of aromatic amines is 1. The van der Waals surface area contributed by atoms with E-state index in [1.165, 1.54) is 6.92 Å². The molecule has 1 heterocycles. The quantitative estimate of drug-likeness (QED) is 0.172. The highest BCUT2D eigenvalue weighted by Crippen LogP contribution is 2.19. The predicted octanol–water partition coefficient (Wildman–Crippen LogP) is -0.999. The van der Waals surface area contributed by atoms with Crippen molar-refractivity contribution in [3.8, 4) is 0 Å². The molecule has 8 N–H and O–H groups in total. The molecule has 3 amide bonds. The smallest absolute Gasteiger partial charge is 0.326 e. The number of aliphatic carboxylic acids is 2. The number of H-pyrrole nitrogens is 1. The zero-order valence-electron chi connectivity index (χ0n) is 18.3. The van der Waals surface area contributed by atoms with E-state index in [0.717, 1.165) is 10.9 Å². The Balaban J connectivity index is 2.15. The van der Waals surface area contributed by atoms with Crippen LogP contribution in [0.15, 0.2) is 30.5 Å². The van der Waals surface area contributed by atoms with Crippen molar-refractivity contribution in [3.05, 3.63) is 36.0 Å². The average Bonchev–Trinajstić information content (AvgIpc) is 3.18. The molecule has 0 saturated heterocycles. The van der Waals surface area contributed by atoms with Crippen LogP contribution in [0.1, 0.15) is 18.9 Å². The third kappa shape index (κ3) is 7.22. The Morgan fingerprint density at radius 2 is 1.56 bits per heavy atom. The summed E-state index contributed by atoms with van der Waals surface area (Å²) in [5.41, 5.74) is 6.88. The zero-order valence-corrected chi connectivity index (χ0v) is 19.2. The summed E-state index contributed by atoms with van der Waals surface area (Å²) in [6.45, 7) is 1.41. The van der Waals surface area contributed by atoms with E-state index < -0.39 is 60.2 Å². The van der Waals surface area contributed by atoms with Crippen LogP contribution >= 0.6 is 12.6 Å². The van der Waals surface area contributed by atoms with Crippen LogP contribution in [-0.4, -0.2) is 74.8 Å². The van der Waals surface area contributed by atoms with E-state index in [0.29, 0.717) is 5.56 Å². The number of carbonyl (C=O) groups excluding carboxylic acids is 3. The number of thiol groups is 1. The molecule has 13 heteroatoms. The van der Waals surface area contributed by atoms with Gasteiger partial charge in [-0.2, -0.15) is 12.6 Å². The van der Waals surface area contributed by atoms with Gasteiger partial charge in [-0.25, -0.2) is 4.79 Å². The summed E-state index contributed by atoms with van der Waals surface area (Å²) in [7, 11) is 0. The van der Waals surface area contributed by atoms with Gasteiger partial charge in [0.2, 0.25) is 17.7 Å². The number of nitrogens with one attached hydrogen (secondary N) is 4. The van der Waals surface area contributed by atoms with Crippen LogP contribution < -0.4 is 21.7 Å². The van der Waals surface area contributed by atoms with Crippen molar-refractivity contribution in [1.82, 2.24) is 20.9 Å². The maximum Gasteiger partial charge on any atom is 0.326 e. The van der Waals surface area contributed by atoms with Gasteiger partial charge in [0.25, 0.3) is 0 Å². The third-order valence-electron chi connectivity index (χ3n) is 4.95. The number of nitrogens with two attached hydrogens (primary N) is 1. The van der Waals surface area contributed by atoms with Crippen molar-refractivity contribution in [2.75, 3.05) is 5.75 Å². The van der Waals surface area contributed by atoms with E-state index in [2.05, 4.69) is 33.6 Å². The molecule has 0 radical (unpaired) electrons. The van der Waals surface area contributed by atoms with Gasteiger partial charge in [-0.1, -0.05) is 18.2 Å². The molecule has 0 aliphatic heterocycles. The predicted molar refractivity (Wildman–Crippen MR) is 125 cm³/mol. The van der Waals surface area contributed by atoms with Crippen molar-refractivity contribution in [2.24, 2.45) is 5.73 Å². The van der Waals surface area contributed by atoms with Gasteiger partial charge in [-0.3, -0.25) is 19.2 Å². The molecule has 0 fully saturated rings. The number of para-hydroxylation sites is 1. The van der Waals surface area contributed by atoms with Crippen LogP contribution in [-0.2, 0) is 30.4 Å². The van der Waals surface area contributed by atoms with Crippen molar-refractivity contribution in [2.45, 2.75) is 43.9 Å². The molecular formula is C21H27N5O7S. The molecule has 4 unspecified atom stereocenters. The lowest BCUT2D eigenvalue weighted by Gasteiger charge is -2.23. The van der Waals surface area contributed by atoms with E-state index in [-0.39, 0.29) is 12.2 Å². The summed E-state index contributed by atoms with van der Waals surface area (Å²) in [5.74, 6) is -5.39. The highest BCUT2D eigenvalue weighted by atomic mass is 32.1. The minimum atomic E-state index is -1.59. The second-order valence-electron chi connectivity index (χ2n) is 7.65. The van der Waals surface area contributed by atoms with Crippen LogP contribution in [0.4, 0.5) is 0 Å². The van der Waals surface area contributed by atoms with Crippen molar-refractivity contribution >= 4 is 53.2 Å². The molecule has 0 aliphatic carbocycles. The second kappa shape index (κ2) is 12.0. The van der Waals surface area contributed by atoms with Gasteiger partial charge in [-0.15, -0.1) is 0 Å². The fourth-order valence-corrected chi connectivity index (χ4v) is 3.40. The van der Waals surface area contributed by atoms with Crippen LogP contribution in [0, 0.1) is 0 Å². The van der Waals surface area contributed by atoms with Gasteiger partial charge < -0.3 is 36.9 Å². The normalized spacial score (nSPS) is 14.4. The van der Waals surface area contributed by atoms with Gasteiger partial charge in [0.15, 0.2) is 0 Å². The Morgan fingerprint density at radius 3 is 2.15 bits per heavy atom. The van der Waals surface area contributed by atoms with E-state index >= 15 is 0 Å². The molecule has 1 aromatic carbocycles. The summed E-state index contributed by atoms with van der Waals surface area (Å²) in [5, 5.41) is 26.4. The topological polar surface area (TPSA) is 204 Å². The van der Waals surface area contributed by atoms with Crippen LogP contribution in [0.5, 0.6) is 0 Å². The van der Waals surface area contributed by atoms with Crippen molar-refractivity contribution in [1.29, 1.82) is 0 Å². The average molecular weight is 494 g/mol. The minimum absolute atomic E-state index is 0.0808. The number of hydrogen-bond donors (Lipinski definition) is 8. The molecule has 34 heavy (non-hydrogen) atoms. The first-order valence-corrected chi connectivity index (χ1v) is 10.9. The Hall–Kier alpha value is -3.58. The number of hydrogen-bond acceptors (Lipinski definition) is 7. The fraction of sp³-hybridized carbons (Fsp3) is 0.381. The lowest BCUT2D eigenvalue weighted by molar-refractivity contribution is -0.143. The number of rotatable bonds is 12. The fourth-order valence-electron chi connectivity index (χ4n) is 3.15. The summed E-state index contributed by atoms with van der Waals surface area (Å²) < 4.78 is 0. The van der Waals surface area contributed by atoms with Gasteiger partial charge in [-0.05, 0) is 18.6 Å². The lowest BCUT2D eigenvalue weighted by atomic mass is 10.0. The molecule has 184 valence electrons. The van der Waals surface area contributed by atoms with Crippen molar-refractivity contribution < 1.29 is 34.2 Å². The Morgan fingerprint density at radius 1 is 0.971 bits per heavy atom. The Bertz CT molecular complexity index is 1070. The maximum absolute atomic E-state index is 12.8. The van der Waals surface area contributed by atoms with Gasteiger partial charge in [0.05, 0.1) is 12.5 Å². The van der Waals surface area contributed by atoms with E-state index in [1.54, 1.807) is 18.3 Å². The third-order valence-corrected chi connectivity index (χ3v) is 5.32. The first kappa shape index (κ1) is 26.7. The van der Waals surface area contributed by atoms with E-state index in [1.807, 2.05) is 12.1 Å². The Kier molecular flexibility index (Phi) is 9.45. The molecule has 0 aliphatic rings. The monoisotopic (exact) mass is 493 g/mol. The summed E-state index contributed by atoms with van der Waals surface area (Å²) in [6, 6.07) is 2.13. The van der Waals surface area contributed by atoms with Crippen LogP contribution in [0.2, 0.25) is 0 Å². The minimum Gasteiger partial charge on any atom is -0.481 e. The Labute approximate surface area is 200 Å². The number of fused-ring (bicyclic) bond motifs is 1. The molecule has 12 nitrogen and oxygen atoms in total. The zero-order chi connectivity index (χ0) is 25.4. The largest absolute Gasteiger partial charge is 0.481 e. The molecular weight excluding hydrogens is 466 g/mol. The molecule has 0 saturated carbocycles. The summed E-state index contributed by atoms with van der Waals surface area (Å²) >= 11 is 3.99. The summed E-state index contributed by atoms with van der Waals surface area (Å²) in [4.78, 5) is 63.2. The molecule has 0 spiro atoms. The first-order chi connectivity index (χ1) is 16.0. The SMILES string of the molecule is CC(N)C(=O)NC(CS)C(=O)NC(CC(=O)O)C(=O)NC(Cc1c[nH]c2ccccc12)C(=O)O. The highest BCUT2D eigenvalue weighted by molar-refractivity contribution is 7.80. The molecule has 4 atom stereocenters.